The molecule has 1 aliphatic carbocycles. The van der Waals surface area contributed by atoms with Gasteiger partial charge in [-0.05, 0) is 45.4 Å². The van der Waals surface area contributed by atoms with Crippen LogP contribution in [0.5, 0.6) is 0 Å². The molecule has 21 heavy (non-hydrogen) atoms. The summed E-state index contributed by atoms with van der Waals surface area (Å²) in [5, 5.41) is 7.70. The molecule has 1 aliphatic heterocycles. The molecule has 1 saturated carbocycles. The number of piperazine rings is 1. The summed E-state index contributed by atoms with van der Waals surface area (Å²) in [7, 11) is 0. The Hall–Kier alpha value is -0.940. The van der Waals surface area contributed by atoms with Gasteiger partial charge in [-0.1, -0.05) is 12.1 Å². The second-order valence-corrected chi connectivity index (χ2v) is 7.21. The third-order valence-electron chi connectivity index (χ3n) is 5.26. The fourth-order valence-electron chi connectivity index (χ4n) is 3.52. The SMILES string of the molecule is CC1CCC(c2nc(C(C)(C)N3CCNCC3)no2)CC1. The van der Waals surface area contributed by atoms with Gasteiger partial charge in [-0.25, -0.2) is 0 Å². The van der Waals surface area contributed by atoms with Gasteiger partial charge in [-0.15, -0.1) is 0 Å². The number of hydrogen-bond donors (Lipinski definition) is 1. The van der Waals surface area contributed by atoms with E-state index in [0.717, 1.165) is 43.8 Å². The van der Waals surface area contributed by atoms with Crippen LogP contribution in [0.25, 0.3) is 0 Å². The highest BCUT2D eigenvalue weighted by atomic mass is 16.5. The zero-order valence-electron chi connectivity index (χ0n) is 13.6. The Morgan fingerprint density at radius 1 is 1.14 bits per heavy atom. The Labute approximate surface area is 127 Å². The number of rotatable bonds is 3. The van der Waals surface area contributed by atoms with Gasteiger partial charge in [0, 0.05) is 32.1 Å². The molecule has 0 atom stereocenters. The fourth-order valence-corrected chi connectivity index (χ4v) is 3.52. The van der Waals surface area contributed by atoms with Crippen LogP contribution in [0.4, 0.5) is 0 Å². The molecule has 118 valence electrons. The van der Waals surface area contributed by atoms with E-state index in [1.54, 1.807) is 0 Å². The summed E-state index contributed by atoms with van der Waals surface area (Å²) in [4.78, 5) is 7.21. The monoisotopic (exact) mass is 292 g/mol. The minimum absolute atomic E-state index is 0.147. The fraction of sp³-hybridized carbons (Fsp3) is 0.875. The molecule has 2 heterocycles. The van der Waals surface area contributed by atoms with Crippen LogP contribution in [0.2, 0.25) is 0 Å². The molecule has 2 fully saturated rings. The minimum atomic E-state index is -0.147. The summed E-state index contributed by atoms with van der Waals surface area (Å²) in [5.74, 6) is 3.03. The summed E-state index contributed by atoms with van der Waals surface area (Å²) in [5.41, 5.74) is -0.147. The largest absolute Gasteiger partial charge is 0.339 e. The van der Waals surface area contributed by atoms with Crippen LogP contribution in [0.3, 0.4) is 0 Å². The Bertz CT molecular complexity index is 457. The normalized spacial score (nSPS) is 28.7. The molecule has 5 nitrogen and oxygen atoms in total. The van der Waals surface area contributed by atoms with Crippen molar-refractivity contribution in [2.45, 2.75) is 57.9 Å². The van der Waals surface area contributed by atoms with E-state index < -0.39 is 0 Å². The van der Waals surface area contributed by atoms with Gasteiger partial charge in [-0.2, -0.15) is 4.98 Å². The minimum Gasteiger partial charge on any atom is -0.339 e. The lowest BCUT2D eigenvalue weighted by atomic mass is 9.83. The maximum absolute atomic E-state index is 5.61. The summed E-state index contributed by atoms with van der Waals surface area (Å²) in [6.07, 6.45) is 4.95. The lowest BCUT2D eigenvalue weighted by Crippen LogP contribution is -2.52. The first kappa shape index (κ1) is 15.0. The van der Waals surface area contributed by atoms with Crippen LogP contribution >= 0.6 is 0 Å². The van der Waals surface area contributed by atoms with Crippen molar-refractivity contribution in [1.29, 1.82) is 0 Å². The van der Waals surface area contributed by atoms with E-state index in [-0.39, 0.29) is 5.54 Å². The van der Waals surface area contributed by atoms with E-state index in [2.05, 4.69) is 36.1 Å². The van der Waals surface area contributed by atoms with Crippen molar-refractivity contribution >= 4 is 0 Å². The zero-order chi connectivity index (χ0) is 14.9. The van der Waals surface area contributed by atoms with E-state index in [1.165, 1.54) is 25.7 Å². The highest BCUT2D eigenvalue weighted by molar-refractivity contribution is 5.05. The molecule has 3 rings (SSSR count). The molecule has 1 N–H and O–H groups in total. The first-order valence-electron chi connectivity index (χ1n) is 8.37. The topological polar surface area (TPSA) is 54.2 Å². The number of nitrogens with one attached hydrogen (secondary N) is 1. The molecule has 1 aromatic rings. The van der Waals surface area contributed by atoms with Crippen LogP contribution < -0.4 is 5.32 Å². The van der Waals surface area contributed by atoms with Gasteiger partial charge in [0.2, 0.25) is 5.89 Å². The molecule has 0 bridgehead atoms. The van der Waals surface area contributed by atoms with Gasteiger partial charge in [0.15, 0.2) is 5.82 Å². The molecule has 2 aliphatic rings. The van der Waals surface area contributed by atoms with Crippen molar-refractivity contribution in [1.82, 2.24) is 20.4 Å². The smallest absolute Gasteiger partial charge is 0.229 e. The maximum Gasteiger partial charge on any atom is 0.229 e. The van der Waals surface area contributed by atoms with Gasteiger partial charge in [0.05, 0.1) is 5.54 Å². The maximum atomic E-state index is 5.61. The van der Waals surface area contributed by atoms with Crippen LogP contribution in [-0.2, 0) is 5.54 Å². The molecule has 5 heteroatoms. The highest BCUT2D eigenvalue weighted by Crippen LogP contribution is 2.35. The molecule has 0 amide bonds. The molecular formula is C16H28N4O. The third-order valence-corrected chi connectivity index (χ3v) is 5.26. The first-order valence-corrected chi connectivity index (χ1v) is 8.37. The molecule has 0 spiro atoms. The van der Waals surface area contributed by atoms with Crippen LogP contribution in [0.15, 0.2) is 4.52 Å². The summed E-state index contributed by atoms with van der Waals surface area (Å²) in [6, 6.07) is 0. The van der Waals surface area contributed by atoms with Gasteiger partial charge in [0.25, 0.3) is 0 Å². The number of aromatic nitrogens is 2. The Kier molecular flexibility index (Phi) is 4.31. The second kappa shape index (κ2) is 6.05. The Morgan fingerprint density at radius 2 is 1.81 bits per heavy atom. The molecule has 1 aromatic heterocycles. The van der Waals surface area contributed by atoms with Crippen molar-refractivity contribution < 1.29 is 4.52 Å². The van der Waals surface area contributed by atoms with Crippen LogP contribution in [0, 0.1) is 5.92 Å². The van der Waals surface area contributed by atoms with Crippen molar-refractivity contribution in [2.24, 2.45) is 5.92 Å². The average Bonchev–Trinajstić information content (AvgIpc) is 2.99. The third kappa shape index (κ3) is 3.14. The standard InChI is InChI=1S/C16H28N4O/c1-12-4-6-13(7-5-12)14-18-15(19-21-14)16(2,3)20-10-8-17-9-11-20/h12-13,17H,4-11H2,1-3H3. The number of nitrogens with zero attached hydrogens (tertiary/aromatic N) is 3. The van der Waals surface area contributed by atoms with Gasteiger partial charge >= 0.3 is 0 Å². The molecule has 0 unspecified atom stereocenters. The van der Waals surface area contributed by atoms with Gasteiger partial charge < -0.3 is 9.84 Å². The molecule has 1 saturated heterocycles. The van der Waals surface area contributed by atoms with E-state index in [0.29, 0.717) is 5.92 Å². The predicted octanol–water partition coefficient (Wildman–Crippen LogP) is 2.50. The van der Waals surface area contributed by atoms with Crippen molar-refractivity contribution in [2.75, 3.05) is 26.2 Å². The zero-order valence-corrected chi connectivity index (χ0v) is 13.6. The Balaban J connectivity index is 1.71. The summed E-state index contributed by atoms with van der Waals surface area (Å²) in [6.45, 7) is 10.9. The lowest BCUT2D eigenvalue weighted by molar-refractivity contribution is 0.0924. The van der Waals surface area contributed by atoms with Crippen molar-refractivity contribution in [3.05, 3.63) is 11.7 Å². The average molecular weight is 292 g/mol. The molecule has 0 radical (unpaired) electrons. The van der Waals surface area contributed by atoms with Gasteiger partial charge in [-0.3, -0.25) is 4.90 Å². The Morgan fingerprint density at radius 3 is 2.48 bits per heavy atom. The van der Waals surface area contributed by atoms with Crippen molar-refractivity contribution in [3.8, 4) is 0 Å². The highest BCUT2D eigenvalue weighted by Gasteiger charge is 2.35. The summed E-state index contributed by atoms with van der Waals surface area (Å²) >= 11 is 0. The van der Waals surface area contributed by atoms with E-state index >= 15 is 0 Å². The van der Waals surface area contributed by atoms with Gasteiger partial charge in [0.1, 0.15) is 0 Å². The predicted molar refractivity (Wildman–Crippen MR) is 82.1 cm³/mol. The summed E-state index contributed by atoms with van der Waals surface area (Å²) < 4.78 is 5.61. The van der Waals surface area contributed by atoms with E-state index in [1.807, 2.05) is 0 Å². The van der Waals surface area contributed by atoms with E-state index in [9.17, 15) is 0 Å². The number of hydrogen-bond acceptors (Lipinski definition) is 5. The quantitative estimate of drug-likeness (QED) is 0.927. The van der Waals surface area contributed by atoms with Crippen LogP contribution in [0.1, 0.15) is 64.1 Å². The lowest BCUT2D eigenvalue weighted by Gasteiger charge is -2.38. The van der Waals surface area contributed by atoms with Crippen molar-refractivity contribution in [3.63, 3.8) is 0 Å². The van der Waals surface area contributed by atoms with Crippen LogP contribution in [-0.4, -0.2) is 41.2 Å². The molecular weight excluding hydrogens is 264 g/mol. The first-order chi connectivity index (χ1) is 10.1. The van der Waals surface area contributed by atoms with E-state index in [4.69, 9.17) is 9.51 Å². The second-order valence-electron chi connectivity index (χ2n) is 7.21. The molecule has 0 aromatic carbocycles.